The van der Waals surface area contributed by atoms with Crippen molar-refractivity contribution in [3.63, 3.8) is 0 Å². The predicted octanol–water partition coefficient (Wildman–Crippen LogP) is 2.69. The van der Waals surface area contributed by atoms with Crippen molar-refractivity contribution in [1.29, 1.82) is 0 Å². The number of hydrogen-bond donors (Lipinski definition) is 1. The van der Waals surface area contributed by atoms with E-state index >= 15 is 0 Å². The van der Waals surface area contributed by atoms with Gasteiger partial charge in [-0.15, -0.1) is 0 Å². The van der Waals surface area contributed by atoms with Gasteiger partial charge < -0.3 is 5.32 Å². The summed E-state index contributed by atoms with van der Waals surface area (Å²) in [7, 11) is 1.94. The zero-order valence-corrected chi connectivity index (χ0v) is 12.3. The first-order chi connectivity index (χ1) is 9.06. The smallest absolute Gasteiger partial charge is 0.234 e. The van der Waals surface area contributed by atoms with Crippen LogP contribution in [0, 0.1) is 5.92 Å². The van der Waals surface area contributed by atoms with Crippen LogP contribution in [-0.2, 0) is 11.3 Å². The third-order valence-corrected chi connectivity index (χ3v) is 3.90. The molecule has 1 amide bonds. The minimum absolute atomic E-state index is 0.0916. The van der Waals surface area contributed by atoms with Gasteiger partial charge in [-0.25, -0.2) is 0 Å². The Balaban J connectivity index is 1.78. The number of carbonyl (C=O) groups excluding carboxylic acids is 1. The van der Waals surface area contributed by atoms with Crippen LogP contribution in [0.2, 0.25) is 5.02 Å². The van der Waals surface area contributed by atoms with Gasteiger partial charge in [0.15, 0.2) is 0 Å². The Morgan fingerprint density at radius 1 is 1.47 bits per heavy atom. The molecule has 0 radical (unpaired) electrons. The van der Waals surface area contributed by atoms with E-state index in [0.29, 0.717) is 25.0 Å². The SMILES string of the molecule is CC(NC(=O)CN(C)Cc1ccccc1Cl)C1CC1. The molecule has 104 valence electrons. The second-order valence-corrected chi connectivity index (χ2v) is 5.86. The molecule has 1 aromatic carbocycles. The zero-order chi connectivity index (χ0) is 13.8. The molecule has 19 heavy (non-hydrogen) atoms. The summed E-state index contributed by atoms with van der Waals surface area (Å²) in [6.07, 6.45) is 2.49. The summed E-state index contributed by atoms with van der Waals surface area (Å²) >= 11 is 6.11. The third kappa shape index (κ3) is 4.51. The number of nitrogens with zero attached hydrogens (tertiary/aromatic N) is 1. The molecule has 0 bridgehead atoms. The molecular weight excluding hydrogens is 260 g/mol. The van der Waals surface area contributed by atoms with Gasteiger partial charge >= 0.3 is 0 Å². The van der Waals surface area contributed by atoms with Crippen molar-refractivity contribution >= 4 is 17.5 Å². The van der Waals surface area contributed by atoms with E-state index in [2.05, 4.69) is 12.2 Å². The average Bonchev–Trinajstić information content (AvgIpc) is 3.15. The fourth-order valence-electron chi connectivity index (χ4n) is 2.23. The van der Waals surface area contributed by atoms with E-state index in [1.165, 1.54) is 12.8 Å². The van der Waals surface area contributed by atoms with Crippen LogP contribution in [0.25, 0.3) is 0 Å². The molecule has 0 aromatic heterocycles. The molecule has 1 atom stereocenters. The lowest BCUT2D eigenvalue weighted by Crippen LogP contribution is -2.40. The van der Waals surface area contributed by atoms with Crippen molar-refractivity contribution in [3.05, 3.63) is 34.9 Å². The van der Waals surface area contributed by atoms with E-state index in [0.717, 1.165) is 10.6 Å². The molecule has 1 fully saturated rings. The summed E-state index contributed by atoms with van der Waals surface area (Å²) in [5, 5.41) is 3.81. The maximum Gasteiger partial charge on any atom is 0.234 e. The van der Waals surface area contributed by atoms with E-state index < -0.39 is 0 Å². The first-order valence-electron chi connectivity index (χ1n) is 6.77. The molecule has 1 aliphatic rings. The Hall–Kier alpha value is -1.06. The molecule has 1 aromatic rings. The first kappa shape index (κ1) is 14.4. The van der Waals surface area contributed by atoms with Gasteiger partial charge in [0.05, 0.1) is 6.54 Å². The van der Waals surface area contributed by atoms with Gasteiger partial charge in [0.2, 0.25) is 5.91 Å². The Morgan fingerprint density at radius 2 is 2.16 bits per heavy atom. The third-order valence-electron chi connectivity index (χ3n) is 3.53. The summed E-state index contributed by atoms with van der Waals surface area (Å²) in [5.41, 5.74) is 1.05. The topological polar surface area (TPSA) is 32.3 Å². The van der Waals surface area contributed by atoms with Gasteiger partial charge in [-0.1, -0.05) is 29.8 Å². The second-order valence-electron chi connectivity index (χ2n) is 5.46. The van der Waals surface area contributed by atoms with Crippen LogP contribution in [-0.4, -0.2) is 30.4 Å². The maximum absolute atomic E-state index is 11.9. The van der Waals surface area contributed by atoms with E-state index in [-0.39, 0.29) is 5.91 Å². The minimum atomic E-state index is 0.0916. The predicted molar refractivity (Wildman–Crippen MR) is 78.1 cm³/mol. The number of rotatable bonds is 6. The van der Waals surface area contributed by atoms with Gasteiger partial charge in [-0.3, -0.25) is 9.69 Å². The second kappa shape index (κ2) is 6.40. The Labute approximate surface area is 119 Å². The largest absolute Gasteiger partial charge is 0.352 e. The maximum atomic E-state index is 11.9. The zero-order valence-electron chi connectivity index (χ0n) is 11.5. The molecule has 0 aliphatic heterocycles. The van der Waals surface area contributed by atoms with Gasteiger partial charge in [0.25, 0.3) is 0 Å². The summed E-state index contributed by atoms with van der Waals surface area (Å²) in [6.45, 7) is 3.18. The highest BCUT2D eigenvalue weighted by atomic mass is 35.5. The molecule has 0 spiro atoms. The van der Waals surface area contributed by atoms with Crippen molar-refractivity contribution in [1.82, 2.24) is 10.2 Å². The fourth-order valence-corrected chi connectivity index (χ4v) is 2.43. The summed E-state index contributed by atoms with van der Waals surface area (Å²) in [6, 6.07) is 8.05. The first-order valence-corrected chi connectivity index (χ1v) is 7.15. The Kier molecular flexibility index (Phi) is 4.83. The van der Waals surface area contributed by atoms with Crippen molar-refractivity contribution in [2.45, 2.75) is 32.4 Å². The van der Waals surface area contributed by atoms with Crippen LogP contribution in [0.5, 0.6) is 0 Å². The van der Waals surface area contributed by atoms with Crippen LogP contribution in [0.3, 0.4) is 0 Å². The standard InChI is InChI=1S/C15H21ClN2O/c1-11(12-7-8-12)17-15(19)10-18(2)9-13-5-3-4-6-14(13)16/h3-6,11-12H,7-10H2,1-2H3,(H,17,19). The van der Waals surface area contributed by atoms with Crippen LogP contribution in [0.4, 0.5) is 0 Å². The van der Waals surface area contributed by atoms with Crippen molar-refractivity contribution in [2.75, 3.05) is 13.6 Å². The molecule has 0 saturated heterocycles. The normalized spacial score (nSPS) is 16.4. The Bertz CT molecular complexity index is 446. The van der Waals surface area contributed by atoms with E-state index in [1.54, 1.807) is 0 Å². The number of amides is 1. The average molecular weight is 281 g/mol. The van der Waals surface area contributed by atoms with Crippen LogP contribution in [0.1, 0.15) is 25.3 Å². The van der Waals surface area contributed by atoms with E-state index in [9.17, 15) is 4.79 Å². The molecule has 2 rings (SSSR count). The minimum Gasteiger partial charge on any atom is -0.352 e. The molecule has 0 heterocycles. The number of carbonyl (C=O) groups is 1. The summed E-state index contributed by atoms with van der Waals surface area (Å²) in [4.78, 5) is 13.9. The molecule has 1 saturated carbocycles. The molecular formula is C15H21ClN2O. The number of benzene rings is 1. The lowest BCUT2D eigenvalue weighted by Gasteiger charge is -2.19. The highest BCUT2D eigenvalue weighted by molar-refractivity contribution is 6.31. The summed E-state index contributed by atoms with van der Waals surface area (Å²) in [5.74, 6) is 0.784. The van der Waals surface area contributed by atoms with E-state index in [4.69, 9.17) is 11.6 Å². The van der Waals surface area contributed by atoms with Crippen molar-refractivity contribution < 1.29 is 4.79 Å². The number of likely N-dealkylation sites (N-methyl/N-ethyl adjacent to an activating group) is 1. The molecule has 4 heteroatoms. The molecule has 1 unspecified atom stereocenters. The van der Waals surface area contributed by atoms with Crippen LogP contribution < -0.4 is 5.32 Å². The van der Waals surface area contributed by atoms with Gasteiger partial charge in [-0.2, -0.15) is 0 Å². The highest BCUT2D eigenvalue weighted by Crippen LogP contribution is 2.32. The molecule has 1 N–H and O–H groups in total. The lowest BCUT2D eigenvalue weighted by molar-refractivity contribution is -0.122. The van der Waals surface area contributed by atoms with Crippen molar-refractivity contribution in [2.24, 2.45) is 5.92 Å². The van der Waals surface area contributed by atoms with Gasteiger partial charge in [-0.05, 0) is 44.4 Å². The van der Waals surface area contributed by atoms with E-state index in [1.807, 2.05) is 36.2 Å². The number of nitrogens with one attached hydrogen (secondary N) is 1. The van der Waals surface area contributed by atoms with Crippen molar-refractivity contribution in [3.8, 4) is 0 Å². The highest BCUT2D eigenvalue weighted by Gasteiger charge is 2.28. The number of hydrogen-bond acceptors (Lipinski definition) is 2. The number of halogens is 1. The molecule has 3 nitrogen and oxygen atoms in total. The monoisotopic (exact) mass is 280 g/mol. The lowest BCUT2D eigenvalue weighted by atomic mass is 10.2. The Morgan fingerprint density at radius 3 is 2.79 bits per heavy atom. The fraction of sp³-hybridized carbons (Fsp3) is 0.533. The van der Waals surface area contributed by atoms with Crippen LogP contribution in [0.15, 0.2) is 24.3 Å². The van der Waals surface area contributed by atoms with Gasteiger partial charge in [0, 0.05) is 17.6 Å². The quantitative estimate of drug-likeness (QED) is 0.869. The molecule has 1 aliphatic carbocycles. The summed E-state index contributed by atoms with van der Waals surface area (Å²) < 4.78 is 0. The van der Waals surface area contributed by atoms with Crippen LogP contribution >= 0.6 is 11.6 Å². The van der Waals surface area contributed by atoms with Gasteiger partial charge in [0.1, 0.15) is 0 Å².